The number of hydrogen-bond acceptors (Lipinski definition) is 5. The minimum atomic E-state index is -0.721. The average molecular weight is 412 g/mol. The first-order valence-corrected chi connectivity index (χ1v) is 9.69. The van der Waals surface area contributed by atoms with Gasteiger partial charge < -0.3 is 14.4 Å². The van der Waals surface area contributed by atoms with Crippen LogP contribution >= 0.6 is 11.6 Å². The lowest BCUT2D eigenvalue weighted by Gasteiger charge is -2.27. The third kappa shape index (κ3) is 3.79. The lowest BCUT2D eigenvalue weighted by Crippen LogP contribution is -2.37. The second-order valence-electron chi connectivity index (χ2n) is 7.00. The van der Waals surface area contributed by atoms with E-state index in [1.165, 1.54) is 0 Å². The molecule has 1 aromatic carbocycles. The summed E-state index contributed by atoms with van der Waals surface area (Å²) in [5, 5.41) is 0.590. The van der Waals surface area contributed by atoms with E-state index in [-0.39, 0.29) is 11.6 Å². The number of halogens is 1. The van der Waals surface area contributed by atoms with Gasteiger partial charge in [0.2, 0.25) is 0 Å². The van der Waals surface area contributed by atoms with Gasteiger partial charge in [0, 0.05) is 44.8 Å². The molecule has 7 heteroatoms. The van der Waals surface area contributed by atoms with Crippen LogP contribution in [0.1, 0.15) is 18.0 Å². The van der Waals surface area contributed by atoms with Crippen LogP contribution in [0, 0.1) is 0 Å². The third-order valence-electron chi connectivity index (χ3n) is 5.42. The van der Waals surface area contributed by atoms with E-state index in [2.05, 4.69) is 9.88 Å². The van der Waals surface area contributed by atoms with E-state index in [9.17, 15) is 4.79 Å². The first-order valence-electron chi connectivity index (χ1n) is 9.32. The molecule has 0 amide bonds. The number of hydrogen-bond donors (Lipinski definition) is 0. The molecule has 0 aliphatic carbocycles. The fraction of sp³-hybridized carbons (Fsp3) is 0.273. The monoisotopic (exact) mass is 411 g/mol. The van der Waals surface area contributed by atoms with Crippen molar-refractivity contribution in [2.24, 2.45) is 0 Å². The standard InChI is InChI=1S/C22H22ClN3O3/c1-28-22(29-2)13-19(26(15-22)20-11-8-17(23)14-24-20)16-6-9-18(10-7-16)25-12-4-3-5-21(25)27/h3-12,14,19H,13,15H2,1-2H3. The number of anilines is 1. The van der Waals surface area contributed by atoms with Crippen LogP contribution in [0.3, 0.4) is 0 Å². The van der Waals surface area contributed by atoms with Crippen molar-refractivity contribution in [3.05, 3.63) is 87.9 Å². The van der Waals surface area contributed by atoms with Crippen molar-refractivity contribution in [1.82, 2.24) is 9.55 Å². The first-order chi connectivity index (χ1) is 14.0. The zero-order valence-electron chi connectivity index (χ0n) is 16.3. The van der Waals surface area contributed by atoms with Crippen molar-refractivity contribution in [2.45, 2.75) is 18.2 Å². The highest BCUT2D eigenvalue weighted by Gasteiger charge is 2.46. The zero-order valence-corrected chi connectivity index (χ0v) is 17.0. The molecular formula is C22H22ClN3O3. The molecule has 29 heavy (non-hydrogen) atoms. The minimum Gasteiger partial charge on any atom is -0.351 e. The summed E-state index contributed by atoms with van der Waals surface area (Å²) in [7, 11) is 3.31. The number of methoxy groups -OCH3 is 2. The number of pyridine rings is 2. The van der Waals surface area contributed by atoms with Crippen molar-refractivity contribution in [3.8, 4) is 5.69 Å². The first kappa shape index (κ1) is 19.6. The Labute approximate surface area is 174 Å². The molecule has 0 saturated carbocycles. The molecule has 1 saturated heterocycles. The maximum Gasteiger partial charge on any atom is 0.255 e. The predicted octanol–water partition coefficient (Wildman–Crippen LogP) is 3.83. The van der Waals surface area contributed by atoms with Crippen molar-refractivity contribution in [3.63, 3.8) is 0 Å². The summed E-state index contributed by atoms with van der Waals surface area (Å²) in [6.45, 7) is 0.541. The molecule has 0 bridgehead atoms. The smallest absolute Gasteiger partial charge is 0.255 e. The van der Waals surface area contributed by atoms with Gasteiger partial charge in [-0.3, -0.25) is 9.36 Å². The van der Waals surface area contributed by atoms with Gasteiger partial charge in [-0.1, -0.05) is 29.8 Å². The Bertz CT molecular complexity index is 1030. The Morgan fingerprint density at radius 1 is 1.07 bits per heavy atom. The van der Waals surface area contributed by atoms with Crippen LogP contribution in [0.5, 0.6) is 0 Å². The van der Waals surface area contributed by atoms with Gasteiger partial charge in [-0.2, -0.15) is 0 Å². The fourth-order valence-electron chi connectivity index (χ4n) is 3.79. The van der Waals surface area contributed by atoms with E-state index < -0.39 is 5.79 Å². The summed E-state index contributed by atoms with van der Waals surface area (Å²) in [6.07, 6.45) is 4.05. The third-order valence-corrected chi connectivity index (χ3v) is 5.64. The summed E-state index contributed by atoms with van der Waals surface area (Å²) in [5.74, 6) is 0.0832. The molecule has 1 atom stereocenters. The maximum absolute atomic E-state index is 12.1. The van der Waals surface area contributed by atoms with Gasteiger partial charge in [0.05, 0.1) is 17.6 Å². The largest absolute Gasteiger partial charge is 0.351 e. The number of ether oxygens (including phenoxy) is 2. The summed E-state index contributed by atoms with van der Waals surface area (Å²) >= 11 is 6.01. The van der Waals surface area contributed by atoms with Crippen LogP contribution in [0.25, 0.3) is 5.69 Å². The van der Waals surface area contributed by atoms with Crippen LogP contribution in [-0.4, -0.2) is 36.1 Å². The molecule has 2 aromatic heterocycles. The van der Waals surface area contributed by atoms with Crippen molar-refractivity contribution in [1.29, 1.82) is 0 Å². The molecule has 3 heterocycles. The van der Waals surface area contributed by atoms with E-state index in [4.69, 9.17) is 21.1 Å². The highest BCUT2D eigenvalue weighted by atomic mass is 35.5. The Hall–Kier alpha value is -2.67. The van der Waals surface area contributed by atoms with Gasteiger partial charge in [-0.25, -0.2) is 4.98 Å². The van der Waals surface area contributed by atoms with Gasteiger partial charge in [-0.05, 0) is 35.9 Å². The number of aromatic nitrogens is 2. The molecule has 1 aliphatic rings. The van der Waals surface area contributed by atoms with Crippen LogP contribution in [-0.2, 0) is 9.47 Å². The molecule has 150 valence electrons. The van der Waals surface area contributed by atoms with Crippen molar-refractivity contribution >= 4 is 17.4 Å². The minimum absolute atomic E-state index is 0.00474. The number of rotatable bonds is 5. The number of nitrogens with zero attached hydrogens (tertiary/aromatic N) is 3. The van der Waals surface area contributed by atoms with E-state index in [0.717, 1.165) is 17.1 Å². The Kier molecular flexibility index (Phi) is 5.41. The Morgan fingerprint density at radius 3 is 2.45 bits per heavy atom. The van der Waals surface area contributed by atoms with Crippen LogP contribution in [0.15, 0.2) is 71.8 Å². The van der Waals surface area contributed by atoms with E-state index in [0.29, 0.717) is 18.0 Å². The molecule has 3 aromatic rings. The average Bonchev–Trinajstić information content (AvgIpc) is 3.15. The molecule has 1 aliphatic heterocycles. The molecule has 0 radical (unpaired) electrons. The second kappa shape index (κ2) is 7.99. The van der Waals surface area contributed by atoms with Gasteiger partial charge in [0.25, 0.3) is 5.56 Å². The van der Waals surface area contributed by atoms with Crippen molar-refractivity contribution in [2.75, 3.05) is 25.7 Å². The van der Waals surface area contributed by atoms with Crippen molar-refractivity contribution < 1.29 is 9.47 Å². The highest BCUT2D eigenvalue weighted by Crippen LogP contribution is 2.42. The Morgan fingerprint density at radius 2 is 1.83 bits per heavy atom. The number of benzene rings is 1. The summed E-state index contributed by atoms with van der Waals surface area (Å²) in [5.41, 5.74) is 1.84. The summed E-state index contributed by atoms with van der Waals surface area (Å²) in [4.78, 5) is 18.7. The van der Waals surface area contributed by atoms with Gasteiger partial charge in [0.15, 0.2) is 5.79 Å². The molecule has 6 nitrogen and oxygen atoms in total. The molecule has 4 rings (SSSR count). The molecular weight excluding hydrogens is 390 g/mol. The van der Waals surface area contributed by atoms with Crippen LogP contribution < -0.4 is 10.5 Å². The zero-order chi connectivity index (χ0) is 20.4. The van der Waals surface area contributed by atoms with Crippen LogP contribution in [0.4, 0.5) is 5.82 Å². The van der Waals surface area contributed by atoms with Gasteiger partial charge in [0.1, 0.15) is 5.82 Å². The van der Waals surface area contributed by atoms with Crippen LogP contribution in [0.2, 0.25) is 5.02 Å². The highest BCUT2D eigenvalue weighted by molar-refractivity contribution is 6.30. The Balaban J connectivity index is 1.69. The fourth-order valence-corrected chi connectivity index (χ4v) is 3.90. The topological polar surface area (TPSA) is 56.6 Å². The van der Waals surface area contributed by atoms with E-state index in [1.54, 1.807) is 43.3 Å². The summed E-state index contributed by atoms with van der Waals surface area (Å²) < 4.78 is 13.1. The lowest BCUT2D eigenvalue weighted by atomic mass is 10.0. The van der Waals surface area contributed by atoms with Gasteiger partial charge >= 0.3 is 0 Å². The van der Waals surface area contributed by atoms with E-state index in [1.807, 2.05) is 42.5 Å². The molecule has 0 spiro atoms. The lowest BCUT2D eigenvalue weighted by molar-refractivity contribution is -0.191. The van der Waals surface area contributed by atoms with E-state index >= 15 is 0 Å². The quantitative estimate of drug-likeness (QED) is 0.597. The van der Waals surface area contributed by atoms with Gasteiger partial charge in [-0.15, -0.1) is 0 Å². The molecule has 0 N–H and O–H groups in total. The SMILES string of the molecule is COC1(OC)CC(c2ccc(-n3ccccc3=O)cc2)N(c2ccc(Cl)cn2)C1. The maximum atomic E-state index is 12.1. The molecule has 1 unspecified atom stereocenters. The second-order valence-corrected chi connectivity index (χ2v) is 7.44. The predicted molar refractivity (Wildman–Crippen MR) is 113 cm³/mol. The normalized spacial score (nSPS) is 18.2. The molecule has 1 fully saturated rings. The summed E-state index contributed by atoms with van der Waals surface area (Å²) in [6, 6.07) is 16.8.